The third kappa shape index (κ3) is 6.91. The van der Waals surface area contributed by atoms with Gasteiger partial charge in [0, 0.05) is 39.4 Å². The fourth-order valence-electron chi connectivity index (χ4n) is 4.86. The summed E-state index contributed by atoms with van der Waals surface area (Å²) in [5.41, 5.74) is 0.0463. The summed E-state index contributed by atoms with van der Waals surface area (Å²) in [6, 6.07) is 7.77. The van der Waals surface area contributed by atoms with Crippen molar-refractivity contribution in [2.24, 2.45) is 0 Å². The van der Waals surface area contributed by atoms with Crippen molar-refractivity contribution in [2.45, 2.75) is 39.4 Å². The molecule has 3 aromatic heterocycles. The molecule has 14 nitrogen and oxygen atoms in total. The van der Waals surface area contributed by atoms with Crippen LogP contribution in [0, 0.1) is 0 Å². The van der Waals surface area contributed by atoms with Gasteiger partial charge in [0.05, 0.1) is 48.7 Å². The summed E-state index contributed by atoms with van der Waals surface area (Å²) in [6.45, 7) is 7.31. The van der Waals surface area contributed by atoms with E-state index < -0.39 is 35.7 Å². The van der Waals surface area contributed by atoms with Crippen molar-refractivity contribution in [1.29, 1.82) is 0 Å². The van der Waals surface area contributed by atoms with Crippen LogP contribution in [-0.4, -0.2) is 93.2 Å². The van der Waals surface area contributed by atoms with Gasteiger partial charge >= 0.3 is 12.1 Å². The number of piperazine rings is 1. The molecule has 4 heterocycles. The number of halogens is 2. The molecule has 0 unspecified atom stereocenters. The molecule has 5 rings (SSSR count). The van der Waals surface area contributed by atoms with Gasteiger partial charge < -0.3 is 29.3 Å². The topological polar surface area (TPSA) is 145 Å². The molecule has 0 aliphatic carbocycles. The molecule has 2 amide bonds. The molecule has 1 aromatic carbocycles. The number of methoxy groups -OCH3 is 2. The number of alkyl halides is 2. The Morgan fingerprint density at radius 3 is 2.35 bits per heavy atom. The van der Waals surface area contributed by atoms with Gasteiger partial charge in [0.2, 0.25) is 0 Å². The van der Waals surface area contributed by atoms with Crippen LogP contribution in [0.25, 0.3) is 11.3 Å². The number of rotatable bonds is 8. The van der Waals surface area contributed by atoms with Crippen LogP contribution >= 0.6 is 0 Å². The summed E-state index contributed by atoms with van der Waals surface area (Å²) in [5.74, 6) is -0.732. The highest BCUT2D eigenvalue weighted by Gasteiger charge is 2.28. The molecule has 0 bridgehead atoms. The summed E-state index contributed by atoms with van der Waals surface area (Å²) in [7, 11) is 2.77. The van der Waals surface area contributed by atoms with E-state index >= 15 is 0 Å². The van der Waals surface area contributed by atoms with Gasteiger partial charge in [0.25, 0.3) is 12.3 Å². The molecule has 0 radical (unpaired) electrons. The molecule has 1 aliphatic heterocycles. The van der Waals surface area contributed by atoms with Gasteiger partial charge in [-0.3, -0.25) is 4.79 Å². The van der Waals surface area contributed by atoms with Gasteiger partial charge in [0.1, 0.15) is 17.0 Å². The van der Waals surface area contributed by atoms with Crippen LogP contribution in [-0.2, 0) is 20.8 Å². The second kappa shape index (κ2) is 13.1. The van der Waals surface area contributed by atoms with E-state index in [4.69, 9.17) is 14.5 Å². The number of nitrogens with one attached hydrogen (secondary N) is 1. The summed E-state index contributed by atoms with van der Waals surface area (Å²) < 4.78 is 46.2. The van der Waals surface area contributed by atoms with Crippen LogP contribution in [0.15, 0.2) is 42.7 Å². The lowest BCUT2D eigenvalue weighted by Crippen LogP contribution is -2.50. The molecule has 0 atom stereocenters. The molecule has 0 saturated carbocycles. The van der Waals surface area contributed by atoms with Gasteiger partial charge in [-0.1, -0.05) is 0 Å². The minimum absolute atomic E-state index is 0.0435. The first-order valence-corrected chi connectivity index (χ1v) is 14.4. The summed E-state index contributed by atoms with van der Waals surface area (Å²) in [4.78, 5) is 46.1. The maximum atomic E-state index is 14.0. The summed E-state index contributed by atoms with van der Waals surface area (Å²) in [5, 5.41) is 10.8. The van der Waals surface area contributed by atoms with E-state index in [2.05, 4.69) is 20.3 Å². The van der Waals surface area contributed by atoms with E-state index in [1.807, 2.05) is 25.7 Å². The van der Waals surface area contributed by atoms with E-state index in [9.17, 15) is 23.2 Å². The van der Waals surface area contributed by atoms with Crippen molar-refractivity contribution >= 4 is 35.1 Å². The average molecular weight is 641 g/mol. The Labute approximate surface area is 262 Å². The Kier molecular flexibility index (Phi) is 9.18. The number of hydrogen-bond acceptors (Lipinski definition) is 10. The number of carbonyl (C=O) groups is 3. The first-order valence-electron chi connectivity index (χ1n) is 14.4. The fraction of sp³-hybridized carbons (Fsp3) is 0.400. The van der Waals surface area contributed by atoms with Crippen LogP contribution in [0.1, 0.15) is 59.3 Å². The Morgan fingerprint density at radius 1 is 1.04 bits per heavy atom. The predicted molar refractivity (Wildman–Crippen MR) is 162 cm³/mol. The van der Waals surface area contributed by atoms with Crippen LogP contribution in [0.3, 0.4) is 0 Å². The first-order chi connectivity index (χ1) is 21.9. The Bertz CT molecular complexity index is 1740. The van der Waals surface area contributed by atoms with E-state index in [1.54, 1.807) is 11.0 Å². The highest BCUT2D eigenvalue weighted by molar-refractivity contribution is 6.08. The van der Waals surface area contributed by atoms with E-state index in [0.717, 1.165) is 0 Å². The molecular formula is C30H34F2N8O6. The van der Waals surface area contributed by atoms with E-state index in [0.29, 0.717) is 43.4 Å². The predicted octanol–water partition coefficient (Wildman–Crippen LogP) is 4.10. The lowest BCUT2D eigenvalue weighted by Gasteiger charge is -2.36. The molecule has 0 spiro atoms. The Balaban J connectivity index is 1.40. The number of ether oxygens (including phenoxy) is 3. The highest BCUT2D eigenvalue weighted by atomic mass is 19.3. The maximum Gasteiger partial charge on any atom is 0.410 e. The molecule has 1 saturated heterocycles. The highest BCUT2D eigenvalue weighted by Crippen LogP contribution is 2.28. The number of hydrogen-bond donors (Lipinski definition) is 1. The molecule has 4 aromatic rings. The zero-order valence-corrected chi connectivity index (χ0v) is 26.0. The number of carbonyl (C=O) groups excluding carboxylic acids is 3. The molecule has 16 heteroatoms. The van der Waals surface area contributed by atoms with Crippen LogP contribution < -0.4 is 10.2 Å². The zero-order valence-electron chi connectivity index (χ0n) is 26.0. The van der Waals surface area contributed by atoms with E-state index in [1.165, 1.54) is 60.1 Å². The number of nitrogens with zero attached hydrogens (tertiary/aromatic N) is 7. The van der Waals surface area contributed by atoms with Gasteiger partial charge in [-0.2, -0.15) is 10.2 Å². The van der Waals surface area contributed by atoms with Crippen molar-refractivity contribution < 1.29 is 37.4 Å². The quantitative estimate of drug-likeness (QED) is 0.280. The van der Waals surface area contributed by atoms with Gasteiger partial charge in [-0.15, -0.1) is 0 Å². The van der Waals surface area contributed by atoms with Crippen molar-refractivity contribution in [3.05, 3.63) is 65.2 Å². The van der Waals surface area contributed by atoms with Crippen molar-refractivity contribution in [1.82, 2.24) is 29.3 Å². The fourth-order valence-corrected chi connectivity index (χ4v) is 4.86. The molecule has 1 N–H and O–H groups in total. The molecule has 1 fully saturated rings. The lowest BCUT2D eigenvalue weighted by atomic mass is 10.2. The monoisotopic (exact) mass is 640 g/mol. The summed E-state index contributed by atoms with van der Waals surface area (Å²) in [6.07, 6.45) is -0.821. The van der Waals surface area contributed by atoms with E-state index in [-0.39, 0.29) is 29.1 Å². The second-order valence-corrected chi connectivity index (χ2v) is 11.5. The number of aromatic nitrogens is 5. The van der Waals surface area contributed by atoms with Crippen LogP contribution in [0.2, 0.25) is 0 Å². The molecular weight excluding hydrogens is 606 g/mol. The number of amides is 2. The molecule has 46 heavy (non-hydrogen) atoms. The average Bonchev–Trinajstić information content (AvgIpc) is 3.65. The third-order valence-corrected chi connectivity index (χ3v) is 7.07. The smallest absolute Gasteiger partial charge is 0.410 e. The Morgan fingerprint density at radius 2 is 1.74 bits per heavy atom. The molecule has 244 valence electrons. The number of esters is 1. The summed E-state index contributed by atoms with van der Waals surface area (Å²) >= 11 is 0. The number of fused-ring (bicyclic) bond motifs is 1. The SMILES string of the molecule is COCc1cc(N2CCN(C(=O)OC(C)(C)C)CC2)nc2c(C(=O)Nc3cn(-c4ccc(C(=O)OC)cc4)nc3C(F)F)cnn12. The van der Waals surface area contributed by atoms with Crippen molar-refractivity contribution in [2.75, 3.05) is 50.6 Å². The maximum absolute atomic E-state index is 14.0. The first kappa shape index (κ1) is 32.3. The number of benzene rings is 1. The standard InChI is InChI=1S/C30H34F2N8O6/c1-30(2,3)46-29(43)38-12-10-37(11-13-38)23-14-20(17-44-4)40-26(35-23)21(15-33-40)27(41)34-22-16-39(36-24(22)25(31)32)19-8-6-18(7-9-19)28(42)45-5/h6-9,14-16,25H,10-13,17H2,1-5H3,(H,34,41). The van der Waals surface area contributed by atoms with Gasteiger partial charge in [0.15, 0.2) is 11.3 Å². The third-order valence-electron chi connectivity index (χ3n) is 7.07. The Hall–Kier alpha value is -5.12. The largest absolute Gasteiger partial charge is 0.465 e. The second-order valence-electron chi connectivity index (χ2n) is 11.5. The number of anilines is 2. The van der Waals surface area contributed by atoms with Crippen molar-refractivity contribution in [3.8, 4) is 5.69 Å². The minimum Gasteiger partial charge on any atom is -0.465 e. The van der Waals surface area contributed by atoms with Crippen LogP contribution in [0.4, 0.5) is 25.1 Å². The lowest BCUT2D eigenvalue weighted by molar-refractivity contribution is 0.0240. The zero-order chi connectivity index (χ0) is 33.2. The molecule has 1 aliphatic rings. The van der Waals surface area contributed by atoms with Gasteiger partial charge in [-0.25, -0.2) is 32.6 Å². The van der Waals surface area contributed by atoms with Crippen molar-refractivity contribution in [3.63, 3.8) is 0 Å². The normalized spacial score (nSPS) is 13.7. The van der Waals surface area contributed by atoms with Crippen LogP contribution in [0.5, 0.6) is 0 Å². The minimum atomic E-state index is -2.99. The van der Waals surface area contributed by atoms with Gasteiger partial charge in [-0.05, 0) is 45.0 Å².